The molecular formula is C17H17N3O2S. The van der Waals surface area contributed by atoms with Gasteiger partial charge in [0, 0.05) is 19.2 Å². The van der Waals surface area contributed by atoms with E-state index >= 15 is 0 Å². The zero-order valence-corrected chi connectivity index (χ0v) is 13.3. The Labute approximate surface area is 135 Å². The number of hydrogen-bond donors (Lipinski definition) is 1. The molecule has 0 bridgehead atoms. The van der Waals surface area contributed by atoms with E-state index in [1.54, 1.807) is 35.0 Å². The molecule has 0 aliphatic heterocycles. The van der Waals surface area contributed by atoms with E-state index in [2.05, 4.69) is 9.82 Å². The molecule has 0 radical (unpaired) electrons. The highest BCUT2D eigenvalue weighted by atomic mass is 32.2. The van der Waals surface area contributed by atoms with Gasteiger partial charge in [0.25, 0.3) is 0 Å². The lowest BCUT2D eigenvalue weighted by molar-refractivity contribution is 0.581. The van der Waals surface area contributed by atoms with E-state index in [0.29, 0.717) is 13.0 Å². The normalized spacial score (nSPS) is 11.5. The number of aromatic nitrogens is 2. The van der Waals surface area contributed by atoms with Crippen molar-refractivity contribution in [2.75, 3.05) is 6.54 Å². The Balaban J connectivity index is 1.61. The summed E-state index contributed by atoms with van der Waals surface area (Å²) in [6.45, 7) is 0.309. The van der Waals surface area contributed by atoms with Crippen LogP contribution in [0.1, 0.15) is 5.69 Å². The van der Waals surface area contributed by atoms with Crippen LogP contribution in [0.3, 0.4) is 0 Å². The lowest BCUT2D eigenvalue weighted by Crippen LogP contribution is -2.26. The molecule has 23 heavy (non-hydrogen) atoms. The first-order valence-electron chi connectivity index (χ1n) is 7.30. The molecule has 0 fully saturated rings. The van der Waals surface area contributed by atoms with Gasteiger partial charge in [-0.05, 0) is 30.3 Å². The minimum atomic E-state index is -3.46. The number of rotatable bonds is 6. The van der Waals surface area contributed by atoms with Gasteiger partial charge in [0.1, 0.15) is 0 Å². The summed E-state index contributed by atoms with van der Waals surface area (Å²) in [5, 5.41) is 4.45. The first-order valence-corrected chi connectivity index (χ1v) is 8.78. The number of hydrogen-bond acceptors (Lipinski definition) is 3. The Morgan fingerprint density at radius 3 is 2.26 bits per heavy atom. The number of para-hydroxylation sites is 1. The van der Waals surface area contributed by atoms with Gasteiger partial charge in [-0.3, -0.25) is 0 Å². The van der Waals surface area contributed by atoms with Crippen molar-refractivity contribution >= 4 is 10.0 Å². The Morgan fingerprint density at radius 1 is 0.913 bits per heavy atom. The maximum absolute atomic E-state index is 12.1. The van der Waals surface area contributed by atoms with E-state index < -0.39 is 10.0 Å². The van der Waals surface area contributed by atoms with Gasteiger partial charge >= 0.3 is 0 Å². The van der Waals surface area contributed by atoms with E-state index in [1.807, 2.05) is 42.6 Å². The molecule has 0 saturated carbocycles. The quantitative estimate of drug-likeness (QED) is 0.756. The minimum absolute atomic E-state index is 0.273. The SMILES string of the molecule is O=S(=O)(NCCc1ccn(-c2ccccc2)n1)c1ccccc1. The molecule has 1 N–H and O–H groups in total. The molecule has 118 valence electrons. The molecule has 0 aliphatic rings. The lowest BCUT2D eigenvalue weighted by atomic mass is 10.3. The molecule has 0 aliphatic carbocycles. The first-order chi connectivity index (χ1) is 11.1. The van der Waals surface area contributed by atoms with Crippen LogP contribution in [-0.4, -0.2) is 24.7 Å². The fraction of sp³-hybridized carbons (Fsp3) is 0.118. The predicted octanol–water partition coefficient (Wildman–Crippen LogP) is 2.39. The second kappa shape index (κ2) is 6.76. The van der Waals surface area contributed by atoms with Crippen LogP contribution in [-0.2, 0) is 16.4 Å². The molecule has 0 unspecified atom stereocenters. The molecule has 2 aromatic carbocycles. The summed E-state index contributed by atoms with van der Waals surface area (Å²) >= 11 is 0. The van der Waals surface area contributed by atoms with Crippen LogP contribution in [0.2, 0.25) is 0 Å². The van der Waals surface area contributed by atoms with Gasteiger partial charge in [-0.15, -0.1) is 0 Å². The summed E-state index contributed by atoms with van der Waals surface area (Å²) in [7, 11) is -3.46. The Bertz CT molecular complexity index is 859. The van der Waals surface area contributed by atoms with Crippen molar-refractivity contribution in [2.45, 2.75) is 11.3 Å². The molecule has 1 heterocycles. The average molecular weight is 327 g/mol. The van der Waals surface area contributed by atoms with E-state index in [0.717, 1.165) is 11.4 Å². The van der Waals surface area contributed by atoms with E-state index in [1.165, 1.54) is 0 Å². The van der Waals surface area contributed by atoms with Crippen molar-refractivity contribution in [3.63, 3.8) is 0 Å². The number of nitrogens with one attached hydrogen (secondary N) is 1. The van der Waals surface area contributed by atoms with Crippen LogP contribution in [0, 0.1) is 0 Å². The topological polar surface area (TPSA) is 64.0 Å². The summed E-state index contributed by atoms with van der Waals surface area (Å²) in [4.78, 5) is 0.273. The van der Waals surface area contributed by atoms with Crippen molar-refractivity contribution < 1.29 is 8.42 Å². The summed E-state index contributed by atoms with van der Waals surface area (Å²) in [6.07, 6.45) is 2.41. The third kappa shape index (κ3) is 3.85. The Hall–Kier alpha value is -2.44. The van der Waals surface area contributed by atoms with Crippen LogP contribution in [0.5, 0.6) is 0 Å². The summed E-state index contributed by atoms with van der Waals surface area (Å²) in [6, 6.07) is 20.0. The van der Waals surface area contributed by atoms with Crippen molar-refractivity contribution in [1.29, 1.82) is 0 Å². The highest BCUT2D eigenvalue weighted by Crippen LogP contribution is 2.09. The van der Waals surface area contributed by atoms with Gasteiger partial charge in [-0.1, -0.05) is 36.4 Å². The first kappa shape index (κ1) is 15.5. The largest absolute Gasteiger partial charge is 0.241 e. The fourth-order valence-electron chi connectivity index (χ4n) is 2.22. The van der Waals surface area contributed by atoms with Crippen molar-refractivity contribution in [1.82, 2.24) is 14.5 Å². The molecule has 5 nitrogen and oxygen atoms in total. The van der Waals surface area contributed by atoms with Crippen LogP contribution < -0.4 is 4.72 Å². The van der Waals surface area contributed by atoms with E-state index in [9.17, 15) is 8.42 Å². The van der Waals surface area contributed by atoms with Crippen LogP contribution in [0.15, 0.2) is 77.8 Å². The second-order valence-electron chi connectivity index (χ2n) is 5.05. The van der Waals surface area contributed by atoms with E-state index in [4.69, 9.17) is 0 Å². The average Bonchev–Trinajstić information content (AvgIpc) is 3.05. The molecule has 3 rings (SSSR count). The smallest absolute Gasteiger partial charge is 0.240 e. The zero-order chi connectivity index (χ0) is 16.1. The number of nitrogens with zero attached hydrogens (tertiary/aromatic N) is 2. The zero-order valence-electron chi connectivity index (χ0n) is 12.5. The van der Waals surface area contributed by atoms with Crippen LogP contribution >= 0.6 is 0 Å². The van der Waals surface area contributed by atoms with Gasteiger partial charge in [0.15, 0.2) is 0 Å². The van der Waals surface area contributed by atoms with Gasteiger partial charge in [-0.2, -0.15) is 5.10 Å². The highest BCUT2D eigenvalue weighted by Gasteiger charge is 2.12. The standard InChI is InChI=1S/C17H17N3O2S/c21-23(22,17-9-5-2-6-10-17)18-13-11-15-12-14-20(19-15)16-7-3-1-4-8-16/h1-10,12,14,18H,11,13H2. The van der Waals surface area contributed by atoms with E-state index in [-0.39, 0.29) is 4.90 Å². The fourth-order valence-corrected chi connectivity index (χ4v) is 3.27. The molecule has 0 atom stereocenters. The number of sulfonamides is 1. The van der Waals surface area contributed by atoms with Crippen LogP contribution in [0.4, 0.5) is 0 Å². The van der Waals surface area contributed by atoms with Gasteiger partial charge in [0.2, 0.25) is 10.0 Å². The third-order valence-corrected chi connectivity index (χ3v) is 4.87. The Morgan fingerprint density at radius 2 is 1.57 bits per heavy atom. The molecule has 3 aromatic rings. The predicted molar refractivity (Wildman–Crippen MR) is 88.9 cm³/mol. The molecule has 6 heteroatoms. The monoisotopic (exact) mass is 327 g/mol. The van der Waals surface area contributed by atoms with Gasteiger partial charge in [0.05, 0.1) is 16.3 Å². The van der Waals surface area contributed by atoms with Crippen molar-refractivity contribution in [3.8, 4) is 5.69 Å². The lowest BCUT2D eigenvalue weighted by Gasteiger charge is -2.05. The number of benzene rings is 2. The summed E-state index contributed by atoms with van der Waals surface area (Å²) in [5.41, 5.74) is 1.81. The Kier molecular flexibility index (Phi) is 4.55. The van der Waals surface area contributed by atoms with Gasteiger partial charge < -0.3 is 0 Å². The van der Waals surface area contributed by atoms with Crippen LogP contribution in [0.25, 0.3) is 5.69 Å². The van der Waals surface area contributed by atoms with Gasteiger partial charge in [-0.25, -0.2) is 17.8 Å². The van der Waals surface area contributed by atoms with Crippen molar-refractivity contribution in [2.24, 2.45) is 0 Å². The molecular weight excluding hydrogens is 310 g/mol. The molecule has 0 spiro atoms. The third-order valence-electron chi connectivity index (χ3n) is 3.39. The maximum Gasteiger partial charge on any atom is 0.240 e. The minimum Gasteiger partial charge on any atom is -0.241 e. The molecule has 1 aromatic heterocycles. The molecule has 0 amide bonds. The second-order valence-corrected chi connectivity index (χ2v) is 6.81. The highest BCUT2D eigenvalue weighted by molar-refractivity contribution is 7.89. The molecule has 0 saturated heterocycles. The summed E-state index contributed by atoms with van der Waals surface area (Å²) < 4.78 is 28.6. The van der Waals surface area contributed by atoms with Crippen molar-refractivity contribution in [3.05, 3.63) is 78.6 Å². The summed E-state index contributed by atoms with van der Waals surface area (Å²) in [5.74, 6) is 0. The maximum atomic E-state index is 12.1.